The monoisotopic (exact) mass is 488 g/mol. The molecule has 0 spiro atoms. The minimum absolute atomic E-state index is 0.711. The molecule has 3 fully saturated rings. The quantitative estimate of drug-likeness (QED) is 0.167. The first-order valence-electron chi connectivity index (χ1n) is 10.4. The van der Waals surface area contributed by atoms with E-state index in [0.717, 1.165) is 0 Å². The summed E-state index contributed by atoms with van der Waals surface area (Å²) in [5, 5.41) is 100.0. The van der Waals surface area contributed by atoms with Gasteiger partial charge in [0.2, 0.25) is 0 Å². The average molecular weight is 488 g/mol. The van der Waals surface area contributed by atoms with Crippen LogP contribution >= 0.6 is 0 Å². The summed E-state index contributed by atoms with van der Waals surface area (Å²) in [5.74, 6) is 0. The second-order valence-corrected chi connectivity index (χ2v) is 8.32. The van der Waals surface area contributed by atoms with Crippen LogP contribution in [0.3, 0.4) is 0 Å². The Hall–Kier alpha value is -0.600. The normalized spacial score (nSPS) is 53.7. The zero-order valence-corrected chi connectivity index (χ0v) is 17.6. The van der Waals surface area contributed by atoms with Gasteiger partial charge in [-0.25, -0.2) is 0 Å². The molecule has 3 heterocycles. The molecule has 0 bridgehead atoms. The molecule has 0 aliphatic carbocycles. The molecule has 15 atom stereocenters. The molecule has 0 aromatic carbocycles. The lowest BCUT2D eigenvalue weighted by atomic mass is 9.96. The summed E-state index contributed by atoms with van der Waals surface area (Å²) in [7, 11) is 0. The molecule has 3 aliphatic rings. The van der Waals surface area contributed by atoms with Gasteiger partial charge in [0, 0.05) is 0 Å². The van der Waals surface area contributed by atoms with Crippen LogP contribution in [0.1, 0.15) is 6.92 Å². The van der Waals surface area contributed by atoms with Gasteiger partial charge in [-0.1, -0.05) is 0 Å². The Morgan fingerprint density at radius 3 is 1.64 bits per heavy atom. The fraction of sp³-hybridized carbons (Fsp3) is 1.00. The van der Waals surface area contributed by atoms with Gasteiger partial charge in [0.05, 0.1) is 19.3 Å². The van der Waals surface area contributed by atoms with Crippen LogP contribution in [-0.2, 0) is 23.7 Å². The summed E-state index contributed by atoms with van der Waals surface area (Å²) < 4.78 is 26.4. The van der Waals surface area contributed by atoms with Crippen molar-refractivity contribution in [3.05, 3.63) is 0 Å². The van der Waals surface area contributed by atoms with E-state index < -0.39 is 105 Å². The molecule has 1 unspecified atom stereocenters. The van der Waals surface area contributed by atoms with Gasteiger partial charge < -0.3 is 74.7 Å². The average Bonchev–Trinajstić information content (AvgIpc) is 2.79. The number of hydrogen-bond donors (Lipinski definition) is 10. The third-order valence-electron chi connectivity index (χ3n) is 6.05. The second kappa shape index (κ2) is 11.0. The largest absolute Gasteiger partial charge is 0.394 e. The summed E-state index contributed by atoms with van der Waals surface area (Å²) in [4.78, 5) is 0. The molecular formula is C18H32O15. The Morgan fingerprint density at radius 1 is 0.545 bits per heavy atom. The smallest absolute Gasteiger partial charge is 0.187 e. The van der Waals surface area contributed by atoms with Crippen LogP contribution in [0, 0.1) is 0 Å². The van der Waals surface area contributed by atoms with Gasteiger partial charge >= 0.3 is 0 Å². The highest BCUT2D eigenvalue weighted by Crippen LogP contribution is 2.32. The number of rotatable bonds is 6. The molecule has 194 valence electrons. The fourth-order valence-corrected chi connectivity index (χ4v) is 3.99. The van der Waals surface area contributed by atoms with Crippen LogP contribution < -0.4 is 0 Å². The van der Waals surface area contributed by atoms with E-state index in [9.17, 15) is 51.1 Å². The van der Waals surface area contributed by atoms with Crippen LogP contribution in [0.5, 0.6) is 0 Å². The Bertz CT molecular complexity index is 624. The molecule has 33 heavy (non-hydrogen) atoms. The maximum absolute atomic E-state index is 10.7. The van der Waals surface area contributed by atoms with Crippen molar-refractivity contribution in [1.82, 2.24) is 0 Å². The summed E-state index contributed by atoms with van der Waals surface area (Å²) in [6.45, 7) is -0.0463. The predicted molar refractivity (Wildman–Crippen MR) is 99.8 cm³/mol. The van der Waals surface area contributed by atoms with E-state index in [0.29, 0.717) is 0 Å². The highest BCUT2D eigenvalue weighted by molar-refractivity contribution is 4.95. The Labute approximate surface area is 187 Å². The molecule has 0 amide bonds. The van der Waals surface area contributed by atoms with E-state index in [-0.39, 0.29) is 0 Å². The first-order valence-corrected chi connectivity index (χ1v) is 10.4. The van der Waals surface area contributed by atoms with Gasteiger partial charge in [0.15, 0.2) is 18.9 Å². The van der Waals surface area contributed by atoms with E-state index >= 15 is 0 Å². The van der Waals surface area contributed by atoms with Crippen molar-refractivity contribution in [3.8, 4) is 0 Å². The Kier molecular flexibility index (Phi) is 8.99. The van der Waals surface area contributed by atoms with E-state index in [4.69, 9.17) is 23.7 Å². The maximum Gasteiger partial charge on any atom is 0.187 e. The fourth-order valence-electron chi connectivity index (χ4n) is 3.99. The van der Waals surface area contributed by atoms with Gasteiger partial charge in [-0.3, -0.25) is 0 Å². The second-order valence-electron chi connectivity index (χ2n) is 8.32. The number of aliphatic hydroxyl groups is 10. The molecule has 15 nitrogen and oxygen atoms in total. The topological polar surface area (TPSA) is 248 Å². The van der Waals surface area contributed by atoms with Gasteiger partial charge in [-0.15, -0.1) is 0 Å². The van der Waals surface area contributed by atoms with Crippen molar-refractivity contribution in [2.75, 3.05) is 13.2 Å². The van der Waals surface area contributed by atoms with Crippen molar-refractivity contribution in [3.63, 3.8) is 0 Å². The van der Waals surface area contributed by atoms with Crippen LogP contribution in [0.2, 0.25) is 0 Å². The minimum atomic E-state index is -1.82. The highest BCUT2D eigenvalue weighted by atomic mass is 16.7. The van der Waals surface area contributed by atoms with Gasteiger partial charge in [0.1, 0.15) is 67.1 Å². The summed E-state index contributed by atoms with van der Waals surface area (Å²) in [6, 6.07) is 0. The van der Waals surface area contributed by atoms with Crippen LogP contribution in [-0.4, -0.2) is 156 Å². The van der Waals surface area contributed by atoms with E-state index in [1.165, 1.54) is 6.92 Å². The SMILES string of the molecule is C[C@@H]1O[C@@H](O[C@H]2[C@H](O)[C@@H](CO)OC(O)[C@@H]2O)[C@H](O)[C@H](O[C@@H]2O[C@H](CO)[C@@H](O)[C@H](O)[C@H]2O)[C@H]1O. The van der Waals surface area contributed by atoms with Crippen molar-refractivity contribution in [1.29, 1.82) is 0 Å². The first-order chi connectivity index (χ1) is 15.5. The third kappa shape index (κ3) is 5.32. The highest BCUT2D eigenvalue weighted by Gasteiger charge is 2.52. The minimum Gasteiger partial charge on any atom is -0.394 e. The van der Waals surface area contributed by atoms with Gasteiger partial charge in [-0.05, 0) is 6.92 Å². The first kappa shape index (κ1) is 27.0. The van der Waals surface area contributed by atoms with Crippen molar-refractivity contribution in [2.24, 2.45) is 0 Å². The number of hydrogen-bond acceptors (Lipinski definition) is 15. The van der Waals surface area contributed by atoms with E-state index in [2.05, 4.69) is 0 Å². The third-order valence-corrected chi connectivity index (χ3v) is 6.05. The van der Waals surface area contributed by atoms with Crippen molar-refractivity contribution >= 4 is 0 Å². The van der Waals surface area contributed by atoms with Crippen LogP contribution in [0.4, 0.5) is 0 Å². The zero-order valence-electron chi connectivity index (χ0n) is 17.6. The lowest BCUT2D eigenvalue weighted by Gasteiger charge is -2.47. The molecular weight excluding hydrogens is 456 g/mol. The van der Waals surface area contributed by atoms with Crippen LogP contribution in [0.25, 0.3) is 0 Å². The Morgan fingerprint density at radius 2 is 1.06 bits per heavy atom. The summed E-state index contributed by atoms with van der Waals surface area (Å²) >= 11 is 0. The molecule has 10 N–H and O–H groups in total. The molecule has 3 saturated heterocycles. The van der Waals surface area contributed by atoms with E-state index in [1.54, 1.807) is 0 Å². The molecule has 15 heteroatoms. The van der Waals surface area contributed by atoms with E-state index in [1.807, 2.05) is 0 Å². The number of ether oxygens (including phenoxy) is 5. The van der Waals surface area contributed by atoms with Gasteiger partial charge in [0.25, 0.3) is 0 Å². The van der Waals surface area contributed by atoms with Crippen LogP contribution in [0.15, 0.2) is 0 Å². The molecule has 0 aromatic heterocycles. The summed E-state index contributed by atoms with van der Waals surface area (Å²) in [5.41, 5.74) is 0. The molecule has 0 aromatic rings. The summed E-state index contributed by atoms with van der Waals surface area (Å²) in [6.07, 6.45) is -23.9. The molecule has 0 radical (unpaired) electrons. The predicted octanol–water partition coefficient (Wildman–Crippen LogP) is -6.55. The Balaban J connectivity index is 1.75. The lowest BCUT2D eigenvalue weighted by Crippen LogP contribution is -2.66. The standard InChI is InChI=1S/C18H32O15/c1-4-7(21)14(32-17-11(25)10(24)8(22)5(2-19)31-17)13(27)18(29-4)33-15-9(23)6(3-20)30-16(28)12(15)26/h4-28H,2-3H2,1H3/t4-,5+,6+,7-,8+,9+,10-,11+,12+,13+,14+,15-,16?,17-,18-/m0/s1. The maximum atomic E-state index is 10.7. The molecule has 3 rings (SSSR count). The molecule has 0 saturated carbocycles. The molecule has 3 aliphatic heterocycles. The lowest BCUT2D eigenvalue weighted by molar-refractivity contribution is -0.376. The zero-order chi connectivity index (χ0) is 24.6. The number of aliphatic hydroxyl groups excluding tert-OH is 10. The van der Waals surface area contributed by atoms with Gasteiger partial charge in [-0.2, -0.15) is 0 Å². The van der Waals surface area contributed by atoms with Crippen molar-refractivity contribution < 1.29 is 74.7 Å². The van der Waals surface area contributed by atoms with Crippen molar-refractivity contribution in [2.45, 2.75) is 99.0 Å².